The Bertz CT molecular complexity index is 382. The summed E-state index contributed by atoms with van der Waals surface area (Å²) >= 11 is 1.82. The van der Waals surface area contributed by atoms with Crippen LogP contribution < -0.4 is 5.32 Å². The maximum atomic E-state index is 4.49. The van der Waals surface area contributed by atoms with Crippen molar-refractivity contribution in [1.29, 1.82) is 0 Å². The quantitative estimate of drug-likeness (QED) is 0.892. The molecule has 0 aliphatic carbocycles. The normalized spacial score (nSPS) is 33.9. The van der Waals surface area contributed by atoms with Crippen LogP contribution in [0.5, 0.6) is 0 Å². The van der Waals surface area contributed by atoms with Crippen LogP contribution in [0.2, 0.25) is 0 Å². The van der Waals surface area contributed by atoms with Gasteiger partial charge in [-0.3, -0.25) is 0 Å². The van der Waals surface area contributed by atoms with Gasteiger partial charge in [0, 0.05) is 23.7 Å². The van der Waals surface area contributed by atoms with Crippen LogP contribution in [0.1, 0.15) is 35.7 Å². The van der Waals surface area contributed by atoms with E-state index in [4.69, 9.17) is 0 Å². The summed E-state index contributed by atoms with van der Waals surface area (Å²) in [6.07, 6.45) is 4.73. The highest BCUT2D eigenvalue weighted by Gasteiger charge is 2.34. The Hall–Kier alpha value is -0.450. The minimum Gasteiger partial charge on any atom is -0.304 e. The fourth-order valence-corrected chi connectivity index (χ4v) is 3.90. The molecule has 2 bridgehead atoms. The lowest BCUT2D eigenvalue weighted by molar-refractivity contribution is 0.0680. The number of hydrogen-bond acceptors (Lipinski definition) is 4. The van der Waals surface area contributed by atoms with Gasteiger partial charge in [-0.1, -0.05) is 0 Å². The summed E-state index contributed by atoms with van der Waals surface area (Å²) in [6, 6.07) is 1.08. The molecule has 0 spiro atoms. The molecule has 3 aliphatic rings. The third-order valence-corrected chi connectivity index (χ3v) is 5.23. The third-order valence-electron chi connectivity index (χ3n) is 4.13. The van der Waals surface area contributed by atoms with E-state index in [1.165, 1.54) is 42.4 Å². The number of fused-ring (bicyclic) bond motifs is 3. The average Bonchev–Trinajstić information content (AvgIpc) is 2.77. The van der Waals surface area contributed by atoms with Crippen LogP contribution in [-0.4, -0.2) is 35.6 Å². The lowest BCUT2D eigenvalue weighted by Crippen LogP contribution is -2.56. The Balaban J connectivity index is 1.63. The van der Waals surface area contributed by atoms with E-state index in [9.17, 15) is 0 Å². The second kappa shape index (κ2) is 4.67. The van der Waals surface area contributed by atoms with Crippen LogP contribution in [0.25, 0.3) is 0 Å². The maximum Gasteiger partial charge on any atom is 0.109 e. The zero-order chi connectivity index (χ0) is 11.8. The Morgan fingerprint density at radius 3 is 2.76 bits per heavy atom. The van der Waals surface area contributed by atoms with Crippen LogP contribution in [0, 0.1) is 12.8 Å². The van der Waals surface area contributed by atoms with Crippen molar-refractivity contribution in [3.05, 3.63) is 16.1 Å². The first-order chi connectivity index (χ1) is 8.22. The molecule has 1 aromatic heterocycles. The van der Waals surface area contributed by atoms with Crippen molar-refractivity contribution in [2.75, 3.05) is 19.6 Å². The number of aromatic nitrogens is 1. The van der Waals surface area contributed by atoms with Crippen LogP contribution >= 0.6 is 11.3 Å². The Morgan fingerprint density at radius 1 is 1.47 bits per heavy atom. The van der Waals surface area contributed by atoms with Gasteiger partial charge >= 0.3 is 0 Å². The number of nitrogens with one attached hydrogen (secondary N) is 1. The third kappa shape index (κ3) is 2.39. The molecule has 3 aliphatic heterocycles. The topological polar surface area (TPSA) is 28.2 Å². The summed E-state index contributed by atoms with van der Waals surface area (Å²) in [5.41, 5.74) is 0. The first-order valence-corrected chi connectivity index (χ1v) is 7.45. The molecule has 0 amide bonds. The van der Waals surface area contributed by atoms with Gasteiger partial charge in [0.15, 0.2) is 0 Å². The van der Waals surface area contributed by atoms with E-state index in [0.29, 0.717) is 12.1 Å². The van der Waals surface area contributed by atoms with Crippen LogP contribution in [0.15, 0.2) is 6.20 Å². The molecule has 0 radical (unpaired) electrons. The van der Waals surface area contributed by atoms with Gasteiger partial charge in [-0.15, -0.1) is 11.3 Å². The monoisotopic (exact) mass is 251 g/mol. The van der Waals surface area contributed by atoms with Crippen LogP contribution in [0.4, 0.5) is 0 Å². The average molecular weight is 251 g/mol. The number of thiazole rings is 1. The van der Waals surface area contributed by atoms with Gasteiger partial charge in [0.25, 0.3) is 0 Å². The van der Waals surface area contributed by atoms with Gasteiger partial charge in [-0.05, 0) is 45.7 Å². The van der Waals surface area contributed by atoms with E-state index in [0.717, 1.165) is 5.92 Å². The molecule has 4 heterocycles. The minimum absolute atomic E-state index is 0.402. The van der Waals surface area contributed by atoms with Gasteiger partial charge in [0.1, 0.15) is 5.01 Å². The van der Waals surface area contributed by atoms with Crippen molar-refractivity contribution < 1.29 is 0 Å². The van der Waals surface area contributed by atoms with Crippen molar-refractivity contribution in [1.82, 2.24) is 15.2 Å². The molecule has 4 rings (SSSR count). The van der Waals surface area contributed by atoms with Crippen LogP contribution in [-0.2, 0) is 0 Å². The second-order valence-corrected chi connectivity index (χ2v) is 6.71. The molecule has 3 saturated heterocycles. The highest BCUT2D eigenvalue weighted by molar-refractivity contribution is 7.11. The van der Waals surface area contributed by atoms with Crippen molar-refractivity contribution in [2.24, 2.45) is 5.92 Å². The molecule has 0 aromatic carbocycles. The highest BCUT2D eigenvalue weighted by atomic mass is 32.1. The summed E-state index contributed by atoms with van der Waals surface area (Å²) in [7, 11) is 0. The molecule has 1 aromatic rings. The SMILES string of the molecule is Cc1cnc(C(C)NC2CN3CCC2CC3)s1. The molecule has 4 heteroatoms. The number of rotatable bonds is 3. The van der Waals surface area contributed by atoms with E-state index in [1.807, 2.05) is 17.5 Å². The Morgan fingerprint density at radius 2 is 2.24 bits per heavy atom. The van der Waals surface area contributed by atoms with Crippen molar-refractivity contribution in [3.8, 4) is 0 Å². The zero-order valence-electron chi connectivity index (χ0n) is 10.6. The molecule has 1 N–H and O–H groups in total. The van der Waals surface area contributed by atoms with Crippen molar-refractivity contribution in [2.45, 2.75) is 38.8 Å². The van der Waals surface area contributed by atoms with Gasteiger partial charge in [-0.25, -0.2) is 4.98 Å². The molecule has 2 unspecified atom stereocenters. The summed E-state index contributed by atoms with van der Waals surface area (Å²) in [6.45, 7) is 8.23. The van der Waals surface area contributed by atoms with E-state index in [1.54, 1.807) is 0 Å². The van der Waals surface area contributed by atoms with Crippen LogP contribution in [0.3, 0.4) is 0 Å². The summed E-state index contributed by atoms with van der Waals surface area (Å²) < 4.78 is 0. The molecule has 17 heavy (non-hydrogen) atoms. The predicted molar refractivity (Wildman–Crippen MR) is 71.4 cm³/mol. The zero-order valence-corrected chi connectivity index (χ0v) is 11.5. The number of nitrogens with zero attached hydrogens (tertiary/aromatic N) is 2. The summed E-state index contributed by atoms with van der Waals surface area (Å²) in [5, 5.41) is 5.02. The van der Waals surface area contributed by atoms with Gasteiger partial charge in [-0.2, -0.15) is 0 Å². The molecular weight excluding hydrogens is 230 g/mol. The fraction of sp³-hybridized carbons (Fsp3) is 0.769. The molecule has 2 atom stereocenters. The standard InChI is InChI=1S/C13H21N3S/c1-9-7-14-13(17-9)10(2)15-12-8-16-5-3-11(12)4-6-16/h7,10-12,15H,3-6,8H2,1-2H3. The first-order valence-electron chi connectivity index (χ1n) is 6.63. The van der Waals surface area contributed by atoms with Gasteiger partial charge in [0.05, 0.1) is 6.04 Å². The predicted octanol–water partition coefficient (Wildman–Crippen LogP) is 2.20. The Labute approximate surface area is 107 Å². The maximum absolute atomic E-state index is 4.49. The smallest absolute Gasteiger partial charge is 0.109 e. The number of hydrogen-bond donors (Lipinski definition) is 1. The van der Waals surface area contributed by atoms with E-state index in [-0.39, 0.29) is 0 Å². The first kappa shape index (κ1) is 11.6. The molecular formula is C13H21N3S. The molecule has 3 nitrogen and oxygen atoms in total. The summed E-state index contributed by atoms with van der Waals surface area (Å²) in [5.74, 6) is 0.892. The molecule has 3 fully saturated rings. The second-order valence-electron chi connectivity index (χ2n) is 5.44. The lowest BCUT2D eigenvalue weighted by Gasteiger charge is -2.45. The molecule has 0 saturated carbocycles. The van der Waals surface area contributed by atoms with E-state index in [2.05, 4.69) is 29.0 Å². The minimum atomic E-state index is 0.402. The number of aryl methyl sites for hydroxylation is 1. The largest absolute Gasteiger partial charge is 0.304 e. The summed E-state index contributed by atoms with van der Waals surface area (Å²) in [4.78, 5) is 8.39. The lowest BCUT2D eigenvalue weighted by atomic mass is 9.84. The van der Waals surface area contributed by atoms with E-state index < -0.39 is 0 Å². The van der Waals surface area contributed by atoms with E-state index >= 15 is 0 Å². The van der Waals surface area contributed by atoms with Crippen molar-refractivity contribution in [3.63, 3.8) is 0 Å². The molecule has 94 valence electrons. The highest BCUT2D eigenvalue weighted by Crippen LogP contribution is 2.29. The van der Waals surface area contributed by atoms with Gasteiger partial charge < -0.3 is 10.2 Å². The fourth-order valence-electron chi connectivity index (χ4n) is 3.12. The Kier molecular flexibility index (Phi) is 3.19. The van der Waals surface area contributed by atoms with Crippen molar-refractivity contribution >= 4 is 11.3 Å². The van der Waals surface area contributed by atoms with Gasteiger partial charge in [0.2, 0.25) is 0 Å². The number of piperidine rings is 3.